The van der Waals surface area contributed by atoms with Crippen molar-refractivity contribution in [2.45, 2.75) is 56.0 Å². The van der Waals surface area contributed by atoms with Crippen LogP contribution in [0.5, 0.6) is 5.75 Å². The third-order valence-electron chi connectivity index (χ3n) is 5.11. The van der Waals surface area contributed by atoms with E-state index in [0.717, 1.165) is 11.8 Å². The van der Waals surface area contributed by atoms with Gasteiger partial charge in [-0.3, -0.25) is 9.32 Å². The van der Waals surface area contributed by atoms with Gasteiger partial charge >= 0.3 is 13.7 Å². The zero-order valence-electron chi connectivity index (χ0n) is 20.1. The summed E-state index contributed by atoms with van der Waals surface area (Å²) in [5.74, 6) is -0.400. The van der Waals surface area contributed by atoms with Gasteiger partial charge in [0.1, 0.15) is 23.3 Å². The first-order chi connectivity index (χ1) is 17.0. The van der Waals surface area contributed by atoms with Crippen molar-refractivity contribution in [1.29, 1.82) is 0 Å². The molecule has 3 rings (SSSR count). The van der Waals surface area contributed by atoms with Crippen LogP contribution < -0.4 is 15.3 Å². The van der Waals surface area contributed by atoms with Gasteiger partial charge in [0.05, 0.1) is 30.9 Å². The molecule has 200 valence electrons. The number of nitrogens with two attached hydrogens (primary N) is 1. The average molecular weight is 546 g/mol. The molecule has 0 bridgehead atoms. The number of benzene rings is 1. The van der Waals surface area contributed by atoms with E-state index in [-0.39, 0.29) is 30.8 Å². The van der Waals surface area contributed by atoms with Crippen LogP contribution in [0.25, 0.3) is 0 Å². The normalized spacial score (nSPS) is 28.5. The van der Waals surface area contributed by atoms with Crippen LogP contribution in [0.15, 0.2) is 40.3 Å². The molecule has 2 heterocycles. The number of nitrogens with zero attached hydrogens (tertiary/aromatic N) is 3. The number of carbonyl (C=O) groups excluding carboxylic acids is 1. The molecule has 3 unspecified atom stereocenters. The maximum absolute atomic E-state index is 13.6. The van der Waals surface area contributed by atoms with Crippen LogP contribution in [0.1, 0.15) is 20.8 Å². The highest BCUT2D eigenvalue weighted by Crippen LogP contribution is 2.47. The van der Waals surface area contributed by atoms with Crippen LogP contribution >= 0.6 is 19.5 Å². The van der Waals surface area contributed by atoms with E-state index >= 15 is 0 Å². The lowest BCUT2D eigenvalue weighted by atomic mass is 10.1. The van der Waals surface area contributed by atoms with Gasteiger partial charge in [-0.1, -0.05) is 32.0 Å². The van der Waals surface area contributed by atoms with Crippen molar-refractivity contribution in [3.05, 3.63) is 30.3 Å². The fourth-order valence-corrected chi connectivity index (χ4v) is 6.33. The van der Waals surface area contributed by atoms with Crippen LogP contribution in [-0.2, 0) is 18.6 Å². The number of nitrogens with one attached hydrogen (secondary N) is 1. The second-order valence-corrected chi connectivity index (χ2v) is 11.7. The third-order valence-corrected chi connectivity index (χ3v) is 8.32. The Morgan fingerprint density at radius 2 is 1.92 bits per heavy atom. The van der Waals surface area contributed by atoms with Gasteiger partial charge in [0.15, 0.2) is 0 Å². The zero-order valence-corrected chi connectivity index (χ0v) is 21.8. The summed E-state index contributed by atoms with van der Waals surface area (Å²) < 4.78 is 30.1. The lowest BCUT2D eigenvalue weighted by Gasteiger charge is -2.32. The van der Waals surface area contributed by atoms with Crippen molar-refractivity contribution < 1.29 is 38.5 Å². The quantitative estimate of drug-likeness (QED) is 0.191. The van der Waals surface area contributed by atoms with Crippen LogP contribution in [0.3, 0.4) is 0 Å². The van der Waals surface area contributed by atoms with E-state index in [1.54, 1.807) is 30.3 Å². The first kappa shape index (κ1) is 28.4. The van der Waals surface area contributed by atoms with E-state index in [0.29, 0.717) is 0 Å². The van der Waals surface area contributed by atoms with Gasteiger partial charge in [-0.05, 0) is 25.0 Å². The van der Waals surface area contributed by atoms with Gasteiger partial charge in [0, 0.05) is 0 Å². The number of carbonyl (C=O) groups is 1. The molecule has 2 aliphatic heterocycles. The minimum Gasteiger partial charge on any atom is -0.464 e. The van der Waals surface area contributed by atoms with Gasteiger partial charge in [-0.25, -0.2) is 9.56 Å². The number of aliphatic hydroxyl groups excluding tert-OH is 3. The Balaban J connectivity index is 1.69. The largest absolute Gasteiger partial charge is 0.464 e. The van der Waals surface area contributed by atoms with E-state index in [1.807, 2.05) is 13.8 Å². The summed E-state index contributed by atoms with van der Waals surface area (Å²) in [6, 6.07) is 7.22. The molecule has 15 heteroatoms. The molecule has 1 aromatic carbocycles. The number of thioether (sulfide) groups is 1. The summed E-state index contributed by atoms with van der Waals surface area (Å²) in [4.78, 5) is 21.1. The van der Waals surface area contributed by atoms with Gasteiger partial charge in [-0.15, -0.1) is 11.8 Å². The Kier molecular flexibility index (Phi) is 9.75. The van der Waals surface area contributed by atoms with E-state index in [2.05, 4.69) is 15.1 Å². The standard InChI is InChI=1S/C21H32N5O8PS/c1-12(2)9-32-19(29)13(3)25-35(31,34-14-7-5-4-6-8-14)33-10-15-16(27)17(28)18(36-15)26-11-23-20(22)24-21(26)30/h4-8,11-13,15-18,21,27-28,30H,9-10H2,1-3H3,(H2,22,24)(H,25,31)/t13-,15+,16-,17?,18+,21?,35?/m0/s1. The molecule has 0 spiro atoms. The molecule has 1 saturated heterocycles. The van der Waals surface area contributed by atoms with E-state index in [9.17, 15) is 24.7 Å². The number of ether oxygens (including phenoxy) is 1. The fraction of sp³-hybridized carbons (Fsp3) is 0.571. The summed E-state index contributed by atoms with van der Waals surface area (Å²) >= 11 is 1.07. The van der Waals surface area contributed by atoms with Crippen molar-refractivity contribution in [2.24, 2.45) is 21.6 Å². The number of para-hydroxylation sites is 1. The highest BCUT2D eigenvalue weighted by atomic mass is 32.2. The summed E-state index contributed by atoms with van der Waals surface area (Å²) in [7, 11) is -4.15. The first-order valence-corrected chi connectivity index (χ1v) is 13.8. The maximum atomic E-state index is 13.6. The summed E-state index contributed by atoms with van der Waals surface area (Å²) in [5, 5.41) is 32.3. The second kappa shape index (κ2) is 12.4. The number of rotatable bonds is 11. The van der Waals surface area contributed by atoms with E-state index in [1.165, 1.54) is 18.2 Å². The molecular formula is C21H32N5O8PS. The monoisotopic (exact) mass is 545 g/mol. The minimum atomic E-state index is -4.15. The molecule has 2 aliphatic rings. The van der Waals surface area contributed by atoms with Crippen molar-refractivity contribution in [3.8, 4) is 5.75 Å². The smallest absolute Gasteiger partial charge is 0.459 e. The maximum Gasteiger partial charge on any atom is 0.459 e. The van der Waals surface area contributed by atoms with Gasteiger partial charge in [0.25, 0.3) is 0 Å². The molecule has 36 heavy (non-hydrogen) atoms. The summed E-state index contributed by atoms with van der Waals surface area (Å²) in [6.45, 7) is 5.12. The lowest BCUT2D eigenvalue weighted by molar-refractivity contribution is -0.146. The summed E-state index contributed by atoms with van der Waals surface area (Å²) in [5.41, 5.74) is 5.47. The van der Waals surface area contributed by atoms with Crippen molar-refractivity contribution in [1.82, 2.24) is 9.99 Å². The SMILES string of the molecule is CC(C)COC(=O)[C@H](C)NP(=O)(OC[C@H]1S[C@@H](N2C=NC(N)=NC2O)C(O)[C@H]1O)Oc1ccccc1. The van der Waals surface area contributed by atoms with Crippen LogP contribution in [0.2, 0.25) is 0 Å². The highest BCUT2D eigenvalue weighted by Gasteiger charge is 2.47. The molecule has 7 atom stereocenters. The molecule has 0 amide bonds. The number of guanidine groups is 1. The average Bonchev–Trinajstić information content (AvgIpc) is 3.10. The lowest BCUT2D eigenvalue weighted by Crippen LogP contribution is -2.48. The number of aliphatic imine (C=N–C) groups is 2. The van der Waals surface area contributed by atoms with Gasteiger partial charge < -0.3 is 35.2 Å². The third kappa shape index (κ3) is 7.42. The molecule has 1 aromatic rings. The number of hydrogen-bond acceptors (Lipinski definition) is 13. The second-order valence-electron chi connectivity index (χ2n) is 8.64. The van der Waals surface area contributed by atoms with Crippen molar-refractivity contribution >= 4 is 37.8 Å². The van der Waals surface area contributed by atoms with E-state index in [4.69, 9.17) is 19.5 Å². The predicted octanol–water partition coefficient (Wildman–Crippen LogP) is 0.465. The molecule has 0 saturated carbocycles. The summed E-state index contributed by atoms with van der Waals surface area (Å²) in [6.07, 6.45) is -2.79. The van der Waals surface area contributed by atoms with Crippen LogP contribution in [0.4, 0.5) is 0 Å². The van der Waals surface area contributed by atoms with Crippen molar-refractivity contribution in [3.63, 3.8) is 0 Å². The van der Waals surface area contributed by atoms with Gasteiger partial charge in [0.2, 0.25) is 12.3 Å². The van der Waals surface area contributed by atoms with Crippen LogP contribution in [0, 0.1) is 5.92 Å². The molecule has 6 N–H and O–H groups in total. The number of esters is 1. The molecule has 0 radical (unpaired) electrons. The van der Waals surface area contributed by atoms with E-state index < -0.39 is 48.9 Å². The Hall–Kier alpha value is -2.19. The molecule has 0 aromatic heterocycles. The molecular weight excluding hydrogens is 513 g/mol. The zero-order chi connectivity index (χ0) is 26.5. The fourth-order valence-electron chi connectivity index (χ4n) is 3.26. The number of hydrogen-bond donors (Lipinski definition) is 5. The Labute approximate surface area is 213 Å². The van der Waals surface area contributed by atoms with Crippen LogP contribution in [-0.4, -0.2) is 86.9 Å². The minimum absolute atomic E-state index is 0.121. The highest BCUT2D eigenvalue weighted by molar-refractivity contribution is 8.00. The molecule has 1 fully saturated rings. The Morgan fingerprint density at radius 1 is 1.22 bits per heavy atom. The molecule has 13 nitrogen and oxygen atoms in total. The predicted molar refractivity (Wildman–Crippen MR) is 134 cm³/mol. The Morgan fingerprint density at radius 3 is 2.56 bits per heavy atom. The van der Waals surface area contributed by atoms with Gasteiger partial charge in [-0.2, -0.15) is 10.1 Å². The topological polar surface area (TPSA) is 189 Å². The Bertz CT molecular complexity index is 1000. The number of aliphatic hydroxyl groups is 3. The first-order valence-electron chi connectivity index (χ1n) is 11.3. The van der Waals surface area contributed by atoms with Crippen molar-refractivity contribution in [2.75, 3.05) is 13.2 Å². The molecule has 0 aliphatic carbocycles.